The van der Waals surface area contributed by atoms with Crippen LogP contribution in [0.25, 0.3) is 0 Å². The molecule has 0 radical (unpaired) electrons. The van der Waals surface area contributed by atoms with Crippen LogP contribution in [-0.2, 0) is 11.3 Å². The molecule has 0 spiro atoms. The molecular formula is C24H27F2N3O3. The SMILES string of the molecule is Cc1cccc(N(Cc2ccc(C(=O)CNC(=O)C(F)F)cc2)C(=O)N2CCCCC2)c1. The number of halogens is 2. The molecule has 1 fully saturated rings. The lowest BCUT2D eigenvalue weighted by atomic mass is 10.1. The molecule has 3 amide bonds. The first-order valence-electron chi connectivity index (χ1n) is 10.7. The first-order chi connectivity index (χ1) is 15.3. The summed E-state index contributed by atoms with van der Waals surface area (Å²) in [6, 6.07) is 14.3. The van der Waals surface area contributed by atoms with Crippen LogP contribution in [0.4, 0.5) is 19.3 Å². The maximum atomic E-state index is 13.3. The average Bonchev–Trinajstić information content (AvgIpc) is 2.81. The van der Waals surface area contributed by atoms with Crippen molar-refractivity contribution in [1.29, 1.82) is 0 Å². The lowest BCUT2D eigenvalue weighted by Gasteiger charge is -2.33. The zero-order chi connectivity index (χ0) is 23.1. The van der Waals surface area contributed by atoms with E-state index in [1.165, 1.54) is 0 Å². The molecule has 6 nitrogen and oxygen atoms in total. The number of rotatable bonds is 7. The number of alkyl halides is 2. The molecular weight excluding hydrogens is 416 g/mol. The third-order valence-corrected chi connectivity index (χ3v) is 5.41. The number of anilines is 1. The molecule has 0 bridgehead atoms. The van der Waals surface area contributed by atoms with E-state index in [0.29, 0.717) is 12.1 Å². The van der Waals surface area contributed by atoms with Gasteiger partial charge in [0.15, 0.2) is 5.78 Å². The van der Waals surface area contributed by atoms with Gasteiger partial charge in [0, 0.05) is 24.3 Å². The Balaban J connectivity index is 1.73. The van der Waals surface area contributed by atoms with Gasteiger partial charge in [-0.3, -0.25) is 14.5 Å². The summed E-state index contributed by atoms with van der Waals surface area (Å²) in [6.45, 7) is 3.28. The topological polar surface area (TPSA) is 69.7 Å². The molecule has 3 rings (SSSR count). The number of ketones is 1. The van der Waals surface area contributed by atoms with Crippen LogP contribution in [0.15, 0.2) is 48.5 Å². The Kier molecular flexibility index (Phi) is 7.92. The molecule has 1 aliphatic rings. The van der Waals surface area contributed by atoms with Gasteiger partial charge >= 0.3 is 12.5 Å². The van der Waals surface area contributed by atoms with Crippen LogP contribution >= 0.6 is 0 Å². The zero-order valence-electron chi connectivity index (χ0n) is 18.0. The maximum absolute atomic E-state index is 13.3. The van der Waals surface area contributed by atoms with Crippen LogP contribution in [0.2, 0.25) is 0 Å². The molecule has 0 aliphatic carbocycles. The summed E-state index contributed by atoms with van der Waals surface area (Å²) < 4.78 is 24.5. The largest absolute Gasteiger partial charge is 0.344 e. The third-order valence-electron chi connectivity index (χ3n) is 5.41. The smallest absolute Gasteiger partial charge is 0.324 e. The Morgan fingerprint density at radius 1 is 1.03 bits per heavy atom. The van der Waals surface area contributed by atoms with Gasteiger partial charge in [0.05, 0.1) is 13.1 Å². The fourth-order valence-electron chi connectivity index (χ4n) is 3.65. The lowest BCUT2D eigenvalue weighted by molar-refractivity contribution is -0.131. The van der Waals surface area contributed by atoms with Crippen molar-refractivity contribution in [2.75, 3.05) is 24.5 Å². The van der Waals surface area contributed by atoms with Crippen molar-refractivity contribution in [1.82, 2.24) is 10.2 Å². The van der Waals surface area contributed by atoms with Crippen molar-refractivity contribution in [2.45, 2.75) is 39.2 Å². The number of piperidine rings is 1. The summed E-state index contributed by atoms with van der Waals surface area (Å²) in [5, 5.41) is 1.91. The minimum absolute atomic E-state index is 0.0508. The van der Waals surface area contributed by atoms with Crippen molar-refractivity contribution in [3.63, 3.8) is 0 Å². The summed E-state index contributed by atoms with van der Waals surface area (Å²) >= 11 is 0. The number of amides is 3. The second-order valence-corrected chi connectivity index (χ2v) is 7.89. The van der Waals surface area contributed by atoms with Gasteiger partial charge in [-0.15, -0.1) is 0 Å². The molecule has 1 aliphatic heterocycles. The third kappa shape index (κ3) is 6.12. The maximum Gasteiger partial charge on any atom is 0.324 e. The molecule has 2 aromatic carbocycles. The van der Waals surface area contributed by atoms with Gasteiger partial charge in [-0.05, 0) is 49.4 Å². The summed E-state index contributed by atoms with van der Waals surface area (Å²) in [7, 11) is 0. The van der Waals surface area contributed by atoms with Gasteiger partial charge < -0.3 is 10.2 Å². The fraction of sp³-hybridized carbons (Fsp3) is 0.375. The summed E-state index contributed by atoms with van der Waals surface area (Å²) in [4.78, 5) is 40.0. The first-order valence-corrected chi connectivity index (χ1v) is 10.7. The number of benzene rings is 2. The van der Waals surface area contributed by atoms with E-state index >= 15 is 0 Å². The van der Waals surface area contributed by atoms with Gasteiger partial charge in [-0.2, -0.15) is 8.78 Å². The Morgan fingerprint density at radius 3 is 2.34 bits per heavy atom. The van der Waals surface area contributed by atoms with E-state index < -0.39 is 24.7 Å². The Morgan fingerprint density at radius 2 is 1.72 bits per heavy atom. The van der Waals surface area contributed by atoms with E-state index in [1.54, 1.807) is 29.2 Å². The van der Waals surface area contributed by atoms with Crippen LogP contribution < -0.4 is 10.2 Å². The summed E-state index contributed by atoms with van der Waals surface area (Å²) in [5.41, 5.74) is 2.97. The molecule has 0 unspecified atom stereocenters. The number of carbonyl (C=O) groups excluding carboxylic acids is 3. The molecule has 8 heteroatoms. The van der Waals surface area contributed by atoms with Gasteiger partial charge in [0.1, 0.15) is 0 Å². The van der Waals surface area contributed by atoms with E-state index in [0.717, 1.165) is 49.2 Å². The number of urea groups is 1. The van der Waals surface area contributed by atoms with E-state index in [4.69, 9.17) is 0 Å². The quantitative estimate of drug-likeness (QED) is 0.653. The number of hydrogen-bond acceptors (Lipinski definition) is 3. The van der Waals surface area contributed by atoms with Crippen molar-refractivity contribution in [2.24, 2.45) is 0 Å². The average molecular weight is 443 g/mol. The lowest BCUT2D eigenvalue weighted by Crippen LogP contribution is -2.45. The fourth-order valence-corrected chi connectivity index (χ4v) is 3.65. The predicted octanol–water partition coefficient (Wildman–Crippen LogP) is 4.17. The molecule has 1 N–H and O–H groups in total. The number of nitrogens with zero attached hydrogens (tertiary/aromatic N) is 2. The van der Waals surface area contributed by atoms with Crippen LogP contribution in [0.5, 0.6) is 0 Å². The monoisotopic (exact) mass is 443 g/mol. The first kappa shape index (κ1) is 23.4. The molecule has 1 heterocycles. The van der Waals surface area contributed by atoms with Gasteiger partial charge in [-0.1, -0.05) is 36.4 Å². The molecule has 0 saturated carbocycles. The molecule has 170 valence electrons. The second kappa shape index (κ2) is 10.8. The summed E-state index contributed by atoms with van der Waals surface area (Å²) in [6.07, 6.45) is -0.0460. The van der Waals surface area contributed by atoms with Gasteiger partial charge in [0.25, 0.3) is 5.91 Å². The highest BCUT2D eigenvalue weighted by Gasteiger charge is 2.24. The zero-order valence-corrected chi connectivity index (χ0v) is 18.0. The Bertz CT molecular complexity index is 957. The highest BCUT2D eigenvalue weighted by atomic mass is 19.3. The van der Waals surface area contributed by atoms with Crippen LogP contribution in [-0.4, -0.2) is 48.7 Å². The van der Waals surface area contributed by atoms with E-state index in [9.17, 15) is 23.2 Å². The second-order valence-electron chi connectivity index (χ2n) is 7.89. The highest BCUT2D eigenvalue weighted by Crippen LogP contribution is 2.22. The van der Waals surface area contributed by atoms with E-state index in [2.05, 4.69) is 0 Å². The van der Waals surface area contributed by atoms with Crippen molar-refractivity contribution < 1.29 is 23.2 Å². The Labute approximate surface area is 186 Å². The minimum atomic E-state index is -3.16. The van der Waals surface area contributed by atoms with Crippen molar-refractivity contribution >= 4 is 23.4 Å². The molecule has 0 atom stereocenters. The minimum Gasteiger partial charge on any atom is -0.344 e. The van der Waals surface area contributed by atoms with Crippen LogP contribution in [0.1, 0.15) is 40.7 Å². The van der Waals surface area contributed by atoms with Crippen molar-refractivity contribution in [3.8, 4) is 0 Å². The molecule has 2 aromatic rings. The Hall–Kier alpha value is -3.29. The number of Topliss-reactive ketones (excluding diaryl/α,β-unsaturated/α-hetero) is 1. The van der Waals surface area contributed by atoms with Crippen LogP contribution in [0.3, 0.4) is 0 Å². The number of carbonyl (C=O) groups is 3. The number of likely N-dealkylation sites (tertiary alicyclic amines) is 1. The number of nitrogens with one attached hydrogen (secondary N) is 1. The number of aryl methyl sites for hydroxylation is 1. The van der Waals surface area contributed by atoms with Gasteiger partial charge in [0.2, 0.25) is 0 Å². The normalized spacial score (nSPS) is 13.7. The van der Waals surface area contributed by atoms with Crippen molar-refractivity contribution in [3.05, 3.63) is 65.2 Å². The van der Waals surface area contributed by atoms with E-state index in [-0.39, 0.29) is 6.03 Å². The molecule has 0 aromatic heterocycles. The summed E-state index contributed by atoms with van der Waals surface area (Å²) in [5.74, 6) is -1.94. The van der Waals surface area contributed by atoms with E-state index in [1.807, 2.05) is 41.4 Å². The van der Waals surface area contributed by atoms with Gasteiger partial charge in [-0.25, -0.2) is 4.79 Å². The highest BCUT2D eigenvalue weighted by molar-refractivity contribution is 5.99. The standard InChI is InChI=1S/C24H27F2N3O3/c1-17-6-5-7-20(14-17)29(24(32)28-12-3-2-4-13-28)16-18-8-10-19(11-9-18)21(30)15-27-23(31)22(25)26/h5-11,14,22H,2-4,12-13,15-16H2,1H3,(H,27,31). The van der Waals surface area contributed by atoms with Crippen LogP contribution in [0, 0.1) is 6.92 Å². The molecule has 1 saturated heterocycles. The molecule has 32 heavy (non-hydrogen) atoms. The number of hydrogen-bond donors (Lipinski definition) is 1. The predicted molar refractivity (Wildman–Crippen MR) is 118 cm³/mol.